The minimum atomic E-state index is -0.555. The van der Waals surface area contributed by atoms with Gasteiger partial charge in [0, 0.05) is 11.1 Å². The molecule has 5 rings (SSSR count). The molecular formula is C37H40N2O4. The number of anilines is 2. The molecule has 222 valence electrons. The number of benzene rings is 4. The molecule has 1 aliphatic heterocycles. The Bertz CT molecular complexity index is 1430. The highest BCUT2D eigenvalue weighted by Gasteiger charge is 2.33. The topological polar surface area (TPSA) is 59.1 Å². The molecule has 0 spiro atoms. The van der Waals surface area contributed by atoms with Gasteiger partial charge < -0.3 is 9.47 Å². The van der Waals surface area contributed by atoms with Crippen molar-refractivity contribution in [3.05, 3.63) is 108 Å². The van der Waals surface area contributed by atoms with E-state index in [2.05, 4.69) is 13.8 Å². The second-order valence-electron chi connectivity index (χ2n) is 10.9. The maximum Gasteiger partial charge on any atom is 0.421 e. The number of amides is 2. The maximum absolute atomic E-state index is 14.0. The third kappa shape index (κ3) is 7.08. The zero-order valence-corrected chi connectivity index (χ0v) is 25.1. The number of para-hydroxylation sites is 4. The van der Waals surface area contributed by atoms with Crippen LogP contribution in [0.1, 0.15) is 63.5 Å². The summed E-state index contributed by atoms with van der Waals surface area (Å²) in [7, 11) is 0. The van der Waals surface area contributed by atoms with Crippen molar-refractivity contribution in [2.75, 3.05) is 16.5 Å². The van der Waals surface area contributed by atoms with E-state index in [-0.39, 0.29) is 6.67 Å². The van der Waals surface area contributed by atoms with E-state index in [4.69, 9.17) is 9.47 Å². The summed E-state index contributed by atoms with van der Waals surface area (Å²) < 4.78 is 12.1. The third-order valence-electron chi connectivity index (χ3n) is 7.84. The van der Waals surface area contributed by atoms with Crippen molar-refractivity contribution in [2.45, 2.75) is 65.2 Å². The number of carbonyl (C=O) groups is 2. The van der Waals surface area contributed by atoms with Crippen LogP contribution in [0.3, 0.4) is 0 Å². The summed E-state index contributed by atoms with van der Waals surface area (Å²) in [5, 5.41) is 0. The molecule has 4 aromatic rings. The van der Waals surface area contributed by atoms with Crippen molar-refractivity contribution in [1.29, 1.82) is 0 Å². The Labute approximate surface area is 254 Å². The molecule has 6 nitrogen and oxygen atoms in total. The van der Waals surface area contributed by atoms with Gasteiger partial charge in [0.05, 0.1) is 11.4 Å². The van der Waals surface area contributed by atoms with Crippen LogP contribution >= 0.6 is 0 Å². The fourth-order valence-electron chi connectivity index (χ4n) is 5.53. The van der Waals surface area contributed by atoms with E-state index < -0.39 is 12.2 Å². The van der Waals surface area contributed by atoms with Gasteiger partial charge in [-0.25, -0.2) is 9.59 Å². The first kappa shape index (κ1) is 29.9. The lowest BCUT2D eigenvalue weighted by molar-refractivity contribution is 0.202. The smallest absolute Gasteiger partial charge is 0.410 e. The van der Waals surface area contributed by atoms with Crippen LogP contribution in [0.25, 0.3) is 11.1 Å². The number of rotatable bonds is 10. The molecule has 0 aromatic heterocycles. The molecule has 2 amide bonds. The van der Waals surface area contributed by atoms with Gasteiger partial charge in [-0.3, -0.25) is 9.80 Å². The van der Waals surface area contributed by atoms with Gasteiger partial charge in [-0.2, -0.15) is 0 Å². The van der Waals surface area contributed by atoms with E-state index in [9.17, 15) is 9.59 Å². The second kappa shape index (κ2) is 14.5. The Morgan fingerprint density at radius 3 is 1.40 bits per heavy atom. The van der Waals surface area contributed by atoms with Crippen molar-refractivity contribution < 1.29 is 19.1 Å². The van der Waals surface area contributed by atoms with Gasteiger partial charge in [-0.05, 0) is 61.1 Å². The zero-order chi connectivity index (χ0) is 30.0. The molecule has 6 heteroatoms. The molecule has 0 unspecified atom stereocenters. The number of fused-ring (bicyclic) bond motifs is 3. The summed E-state index contributed by atoms with van der Waals surface area (Å²) in [6.45, 7) is 4.27. The normalized spacial score (nSPS) is 12.2. The number of hydrogen-bond acceptors (Lipinski definition) is 4. The van der Waals surface area contributed by atoms with Crippen LogP contribution in [-0.2, 0) is 12.8 Å². The summed E-state index contributed by atoms with van der Waals surface area (Å²) in [5.41, 5.74) is 4.98. The SMILES string of the molecule is CCCCCc1ccccc1OC(=O)N1CN(C(=O)Oc2ccccc2CCCCC)c2ccccc2-c2ccccc21. The summed E-state index contributed by atoms with van der Waals surface area (Å²) in [5.74, 6) is 1.08. The van der Waals surface area contributed by atoms with Crippen molar-refractivity contribution in [2.24, 2.45) is 0 Å². The Morgan fingerprint density at radius 1 is 0.558 bits per heavy atom. The van der Waals surface area contributed by atoms with Gasteiger partial charge in [0.25, 0.3) is 0 Å². The first-order chi connectivity index (χ1) is 21.1. The fraction of sp³-hybridized carbons (Fsp3) is 0.297. The lowest BCUT2D eigenvalue weighted by Gasteiger charge is -2.28. The van der Waals surface area contributed by atoms with Gasteiger partial charge in [-0.1, -0.05) is 112 Å². The van der Waals surface area contributed by atoms with Crippen molar-refractivity contribution >= 4 is 23.6 Å². The highest BCUT2D eigenvalue weighted by molar-refractivity contribution is 6.04. The average molecular weight is 577 g/mol. The second-order valence-corrected chi connectivity index (χ2v) is 10.9. The van der Waals surface area contributed by atoms with Crippen LogP contribution in [0.2, 0.25) is 0 Å². The highest BCUT2D eigenvalue weighted by Crippen LogP contribution is 2.41. The number of unbranched alkanes of at least 4 members (excludes halogenated alkanes) is 4. The first-order valence-corrected chi connectivity index (χ1v) is 15.4. The van der Waals surface area contributed by atoms with Crippen LogP contribution < -0.4 is 19.3 Å². The first-order valence-electron chi connectivity index (χ1n) is 15.4. The predicted molar refractivity (Wildman–Crippen MR) is 173 cm³/mol. The van der Waals surface area contributed by atoms with Crippen molar-refractivity contribution in [3.8, 4) is 22.6 Å². The maximum atomic E-state index is 14.0. The van der Waals surface area contributed by atoms with Gasteiger partial charge in [-0.15, -0.1) is 0 Å². The monoisotopic (exact) mass is 576 g/mol. The molecule has 0 fully saturated rings. The largest absolute Gasteiger partial charge is 0.421 e. The molecule has 0 bridgehead atoms. The van der Waals surface area contributed by atoms with Crippen molar-refractivity contribution in [1.82, 2.24) is 0 Å². The quantitative estimate of drug-likeness (QED) is 0.176. The lowest BCUT2D eigenvalue weighted by atomic mass is 10.0. The molecule has 0 radical (unpaired) electrons. The van der Waals surface area contributed by atoms with E-state index in [1.807, 2.05) is 97.1 Å². The number of ether oxygens (including phenoxy) is 2. The van der Waals surface area contributed by atoms with Crippen LogP contribution in [-0.4, -0.2) is 18.9 Å². The molecule has 1 heterocycles. The number of aryl methyl sites for hydroxylation is 2. The summed E-state index contributed by atoms with van der Waals surface area (Å²) in [4.78, 5) is 31.0. The van der Waals surface area contributed by atoms with E-state index in [1.54, 1.807) is 0 Å². The third-order valence-corrected chi connectivity index (χ3v) is 7.84. The van der Waals surface area contributed by atoms with Gasteiger partial charge in [0.2, 0.25) is 0 Å². The van der Waals surface area contributed by atoms with Crippen LogP contribution in [0.5, 0.6) is 11.5 Å². The average Bonchev–Trinajstić information content (AvgIpc) is 3.18. The minimum Gasteiger partial charge on any atom is -0.410 e. The summed E-state index contributed by atoms with van der Waals surface area (Å²) >= 11 is 0. The molecule has 1 aliphatic rings. The van der Waals surface area contributed by atoms with E-state index in [0.717, 1.165) is 73.6 Å². The molecule has 0 saturated carbocycles. The number of carbonyl (C=O) groups excluding carboxylic acids is 2. The molecule has 0 N–H and O–H groups in total. The van der Waals surface area contributed by atoms with Gasteiger partial charge in [0.1, 0.15) is 18.2 Å². The fourth-order valence-corrected chi connectivity index (χ4v) is 5.53. The Kier molecular flexibility index (Phi) is 10.1. The number of nitrogens with zero attached hydrogens (tertiary/aromatic N) is 2. The molecule has 0 saturated heterocycles. The van der Waals surface area contributed by atoms with E-state index in [1.165, 1.54) is 9.80 Å². The predicted octanol–water partition coefficient (Wildman–Crippen LogP) is 9.80. The minimum absolute atomic E-state index is 0.0678. The van der Waals surface area contributed by atoms with E-state index in [0.29, 0.717) is 22.9 Å². The van der Waals surface area contributed by atoms with Crippen LogP contribution in [0.15, 0.2) is 97.1 Å². The standard InChI is InChI=1S/C37H40N2O4/c1-3-5-7-17-28-19-9-15-25-34(28)42-36(40)38-27-39(33-24-14-12-22-31(33)30-21-11-13-23-32(30)38)37(41)43-35-26-16-10-20-29(35)18-8-6-4-2/h9-16,19-26H,3-8,17-18,27H2,1-2H3. The van der Waals surface area contributed by atoms with Crippen LogP contribution in [0.4, 0.5) is 21.0 Å². The molecular weight excluding hydrogens is 536 g/mol. The Hall–Kier alpha value is -4.58. The highest BCUT2D eigenvalue weighted by atomic mass is 16.6. The van der Waals surface area contributed by atoms with Crippen LogP contribution in [0, 0.1) is 0 Å². The van der Waals surface area contributed by atoms with E-state index >= 15 is 0 Å². The molecule has 0 atom stereocenters. The molecule has 4 aromatic carbocycles. The van der Waals surface area contributed by atoms with Crippen molar-refractivity contribution in [3.63, 3.8) is 0 Å². The Balaban J connectivity index is 1.47. The zero-order valence-electron chi connectivity index (χ0n) is 25.1. The molecule has 43 heavy (non-hydrogen) atoms. The summed E-state index contributed by atoms with van der Waals surface area (Å²) in [6.07, 6.45) is 7.04. The van der Waals surface area contributed by atoms with Gasteiger partial charge >= 0.3 is 12.2 Å². The van der Waals surface area contributed by atoms with Gasteiger partial charge in [0.15, 0.2) is 0 Å². The number of hydrogen-bond donors (Lipinski definition) is 0. The summed E-state index contributed by atoms with van der Waals surface area (Å²) in [6, 6.07) is 30.7. The molecule has 0 aliphatic carbocycles. The Morgan fingerprint density at radius 2 is 0.953 bits per heavy atom. The lowest BCUT2D eigenvalue weighted by Crippen LogP contribution is -2.46.